The van der Waals surface area contributed by atoms with Gasteiger partial charge in [0.05, 0.1) is 0 Å². The summed E-state index contributed by atoms with van der Waals surface area (Å²) in [7, 11) is 0. The molecule has 0 radical (unpaired) electrons. The van der Waals surface area contributed by atoms with Crippen LogP contribution in [-0.2, 0) is 14.4 Å². The molecule has 2 aromatic rings. The number of carbonyl (C=O) groups is 3. The summed E-state index contributed by atoms with van der Waals surface area (Å²) >= 11 is 0. The Morgan fingerprint density at radius 1 is 0.875 bits per heavy atom. The predicted octanol–water partition coefficient (Wildman–Crippen LogP) is 1.82. The molecular weight excluding hydrogens is 320 g/mol. The Balaban J connectivity index is 2.64. The number of benzene rings is 1. The van der Waals surface area contributed by atoms with Crippen molar-refractivity contribution < 1.29 is 33.0 Å². The van der Waals surface area contributed by atoms with E-state index in [1.54, 1.807) is 6.92 Å². The summed E-state index contributed by atoms with van der Waals surface area (Å²) in [5.74, 6) is -2.01. The van der Waals surface area contributed by atoms with Crippen molar-refractivity contribution >= 4 is 17.9 Å². The third-order valence-electron chi connectivity index (χ3n) is 2.55. The van der Waals surface area contributed by atoms with Crippen LogP contribution in [0.3, 0.4) is 0 Å². The van der Waals surface area contributed by atoms with Crippen LogP contribution in [0.5, 0.6) is 17.2 Å². The Morgan fingerprint density at radius 3 is 1.75 bits per heavy atom. The number of esters is 3. The average molecular weight is 334 g/mol. The lowest BCUT2D eigenvalue weighted by Gasteiger charge is -2.14. The largest absolute Gasteiger partial charge is 0.423 e. The summed E-state index contributed by atoms with van der Waals surface area (Å²) < 4.78 is 20.4. The van der Waals surface area contributed by atoms with Crippen LogP contribution in [0.25, 0.3) is 11.5 Å². The molecule has 1 aromatic carbocycles. The second kappa shape index (κ2) is 6.90. The molecule has 24 heavy (non-hydrogen) atoms. The molecule has 9 heteroatoms. The van der Waals surface area contributed by atoms with Crippen molar-refractivity contribution in [1.82, 2.24) is 10.2 Å². The molecule has 0 N–H and O–H groups in total. The minimum absolute atomic E-state index is 0.115. The maximum Gasteiger partial charge on any atom is 0.308 e. The molecule has 0 aliphatic carbocycles. The Morgan fingerprint density at radius 2 is 1.38 bits per heavy atom. The molecule has 0 saturated carbocycles. The normalized spacial score (nSPS) is 10.2. The quantitative estimate of drug-likeness (QED) is 0.609. The van der Waals surface area contributed by atoms with E-state index in [-0.39, 0.29) is 23.1 Å². The zero-order valence-electron chi connectivity index (χ0n) is 13.4. The Bertz CT molecular complexity index is 773. The van der Waals surface area contributed by atoms with Gasteiger partial charge in [-0.15, -0.1) is 10.2 Å². The van der Waals surface area contributed by atoms with Crippen LogP contribution < -0.4 is 14.2 Å². The van der Waals surface area contributed by atoms with Crippen molar-refractivity contribution in [2.75, 3.05) is 0 Å². The molecule has 1 aromatic heterocycles. The topological polar surface area (TPSA) is 118 Å². The molecular formula is C15H14N2O7. The van der Waals surface area contributed by atoms with Gasteiger partial charge in [-0.3, -0.25) is 14.4 Å². The molecule has 2 rings (SSSR count). The number of carbonyl (C=O) groups excluding carboxylic acids is 3. The summed E-state index contributed by atoms with van der Waals surface area (Å²) in [5, 5.41) is 7.54. The van der Waals surface area contributed by atoms with Crippen LogP contribution in [0.1, 0.15) is 26.7 Å². The number of aryl methyl sites for hydroxylation is 1. The summed E-state index contributed by atoms with van der Waals surface area (Å²) in [6, 6.07) is 2.72. The third kappa shape index (κ3) is 4.15. The highest BCUT2D eigenvalue weighted by Gasteiger charge is 2.22. The minimum atomic E-state index is -0.682. The SMILES string of the molecule is CC(=O)Oc1cc(-c2nnc(C)o2)cc(OC(C)=O)c1OC(C)=O. The second-order valence-electron chi connectivity index (χ2n) is 4.71. The molecule has 0 atom stereocenters. The van der Waals surface area contributed by atoms with Crippen molar-refractivity contribution in [3.8, 4) is 28.7 Å². The van der Waals surface area contributed by atoms with Gasteiger partial charge in [0, 0.05) is 33.3 Å². The monoisotopic (exact) mass is 334 g/mol. The highest BCUT2D eigenvalue weighted by molar-refractivity contribution is 5.80. The van der Waals surface area contributed by atoms with Crippen molar-refractivity contribution in [3.05, 3.63) is 18.0 Å². The molecule has 0 fully saturated rings. The van der Waals surface area contributed by atoms with Gasteiger partial charge in [-0.2, -0.15) is 0 Å². The van der Waals surface area contributed by atoms with Gasteiger partial charge in [0.1, 0.15) is 0 Å². The summed E-state index contributed by atoms with van der Waals surface area (Å²) in [6.45, 7) is 5.10. The lowest BCUT2D eigenvalue weighted by molar-refractivity contribution is -0.135. The van der Waals surface area contributed by atoms with Crippen LogP contribution in [0.15, 0.2) is 16.5 Å². The lowest BCUT2D eigenvalue weighted by atomic mass is 10.1. The second-order valence-corrected chi connectivity index (χ2v) is 4.71. The first-order chi connectivity index (χ1) is 11.3. The van der Waals surface area contributed by atoms with Crippen LogP contribution in [0.2, 0.25) is 0 Å². The van der Waals surface area contributed by atoms with Crippen LogP contribution in [-0.4, -0.2) is 28.1 Å². The maximum atomic E-state index is 11.3. The predicted molar refractivity (Wildman–Crippen MR) is 78.4 cm³/mol. The van der Waals surface area contributed by atoms with Crippen LogP contribution in [0, 0.1) is 6.92 Å². The highest BCUT2D eigenvalue weighted by Crippen LogP contribution is 2.42. The average Bonchev–Trinajstić information content (AvgIpc) is 2.87. The van der Waals surface area contributed by atoms with Gasteiger partial charge in [-0.05, 0) is 12.1 Å². The van der Waals surface area contributed by atoms with Crippen molar-refractivity contribution in [2.45, 2.75) is 27.7 Å². The number of hydrogen-bond acceptors (Lipinski definition) is 9. The lowest BCUT2D eigenvalue weighted by Crippen LogP contribution is -2.10. The highest BCUT2D eigenvalue weighted by atomic mass is 16.6. The third-order valence-corrected chi connectivity index (χ3v) is 2.55. The van der Waals surface area contributed by atoms with E-state index in [0.29, 0.717) is 11.5 Å². The molecule has 0 aliphatic rings. The number of rotatable bonds is 4. The first-order valence-electron chi connectivity index (χ1n) is 6.80. The zero-order valence-corrected chi connectivity index (χ0v) is 13.4. The number of aromatic nitrogens is 2. The van der Waals surface area contributed by atoms with Crippen LogP contribution >= 0.6 is 0 Å². The van der Waals surface area contributed by atoms with Gasteiger partial charge in [0.25, 0.3) is 0 Å². The molecule has 9 nitrogen and oxygen atoms in total. The number of ether oxygens (including phenoxy) is 3. The van der Waals surface area contributed by atoms with Gasteiger partial charge in [0.2, 0.25) is 17.5 Å². The van der Waals surface area contributed by atoms with Crippen molar-refractivity contribution in [3.63, 3.8) is 0 Å². The van der Waals surface area contributed by atoms with Crippen molar-refractivity contribution in [2.24, 2.45) is 0 Å². The van der Waals surface area contributed by atoms with E-state index in [4.69, 9.17) is 18.6 Å². The van der Waals surface area contributed by atoms with Crippen LogP contribution in [0.4, 0.5) is 0 Å². The van der Waals surface area contributed by atoms with E-state index in [1.165, 1.54) is 26.0 Å². The Labute approximate surface area is 136 Å². The standard InChI is InChI=1S/C15H14N2O7/c1-7-16-17-15(21-7)11-5-12(22-8(2)18)14(24-10(4)20)13(6-11)23-9(3)19/h5-6H,1-4H3. The Hall–Kier alpha value is -3.23. The van der Waals surface area contributed by atoms with Gasteiger partial charge in [-0.1, -0.05) is 0 Å². The first kappa shape index (κ1) is 17.1. The van der Waals surface area contributed by atoms with Gasteiger partial charge < -0.3 is 18.6 Å². The van der Waals surface area contributed by atoms with Gasteiger partial charge >= 0.3 is 17.9 Å². The van der Waals surface area contributed by atoms with E-state index in [1.807, 2.05) is 0 Å². The molecule has 0 amide bonds. The van der Waals surface area contributed by atoms with Gasteiger partial charge in [-0.25, -0.2) is 0 Å². The van der Waals surface area contributed by atoms with Crippen molar-refractivity contribution in [1.29, 1.82) is 0 Å². The number of nitrogens with zero attached hydrogens (tertiary/aromatic N) is 2. The summed E-state index contributed by atoms with van der Waals surface area (Å²) in [5.41, 5.74) is 0.319. The fraction of sp³-hybridized carbons (Fsp3) is 0.267. The molecule has 1 heterocycles. The number of hydrogen-bond donors (Lipinski definition) is 0. The van der Waals surface area contributed by atoms with Gasteiger partial charge in [0.15, 0.2) is 11.5 Å². The smallest absolute Gasteiger partial charge is 0.308 e. The fourth-order valence-electron chi connectivity index (χ4n) is 1.82. The summed E-state index contributed by atoms with van der Waals surface area (Å²) in [6.07, 6.45) is 0. The molecule has 0 unspecified atom stereocenters. The summed E-state index contributed by atoms with van der Waals surface area (Å²) in [4.78, 5) is 33.9. The molecule has 126 valence electrons. The van der Waals surface area contributed by atoms with E-state index >= 15 is 0 Å². The minimum Gasteiger partial charge on any atom is -0.423 e. The first-order valence-corrected chi connectivity index (χ1v) is 6.80. The molecule has 0 bridgehead atoms. The van der Waals surface area contributed by atoms with E-state index in [0.717, 1.165) is 6.92 Å². The molecule has 0 saturated heterocycles. The van der Waals surface area contributed by atoms with E-state index in [9.17, 15) is 14.4 Å². The molecule has 0 spiro atoms. The fourth-order valence-corrected chi connectivity index (χ4v) is 1.82. The Kier molecular flexibility index (Phi) is 4.93. The van der Waals surface area contributed by atoms with E-state index in [2.05, 4.69) is 10.2 Å². The van der Waals surface area contributed by atoms with E-state index < -0.39 is 17.9 Å². The molecule has 0 aliphatic heterocycles. The zero-order chi connectivity index (χ0) is 17.9. The maximum absolute atomic E-state index is 11.3.